The number of halogens is 1. The number of aryl methyl sites for hydroxylation is 1. The lowest BCUT2D eigenvalue weighted by molar-refractivity contribution is -0.598. The van der Waals surface area contributed by atoms with Gasteiger partial charge in [-0.1, -0.05) is 27.6 Å². The van der Waals surface area contributed by atoms with Gasteiger partial charge in [0.15, 0.2) is 12.4 Å². The second-order valence-corrected chi connectivity index (χ2v) is 11.0. The van der Waals surface area contributed by atoms with Crippen LogP contribution in [0.2, 0.25) is 0 Å². The summed E-state index contributed by atoms with van der Waals surface area (Å²) in [7, 11) is 0. The van der Waals surface area contributed by atoms with Crippen molar-refractivity contribution < 1.29 is 18.9 Å². The third kappa shape index (κ3) is 6.65. The third-order valence-electron chi connectivity index (χ3n) is 4.85. The average Bonchev–Trinajstić information content (AvgIpc) is 3.12. The summed E-state index contributed by atoms with van der Waals surface area (Å²) >= 11 is 6.55. The molecule has 0 spiro atoms. The number of esters is 1. The number of benzene rings is 1. The molecule has 0 radical (unpaired) electrons. The Kier molecular flexibility index (Phi) is 9.06. The standard InChI is InChI=1S/C26H27BrNO3S2/c1-5-31-22(29)16-21-23(28-13-10-18(4)11-14-28)26(32-15-12-17(2)3)33-25(21)24(30)19-6-8-20(27)9-7-19/h6-14H,5,15-16H2,1-4H3/q+1. The zero-order chi connectivity index (χ0) is 24.0. The number of ether oxygens (including phenoxy) is 1. The van der Waals surface area contributed by atoms with E-state index in [2.05, 4.69) is 35.9 Å². The van der Waals surface area contributed by atoms with Gasteiger partial charge in [0.2, 0.25) is 11.5 Å². The van der Waals surface area contributed by atoms with Crippen LogP contribution in [-0.2, 0) is 16.0 Å². The topological polar surface area (TPSA) is 47.3 Å². The number of pyridine rings is 1. The molecule has 0 bridgehead atoms. The first-order valence-electron chi connectivity index (χ1n) is 10.7. The molecule has 0 saturated heterocycles. The van der Waals surface area contributed by atoms with Gasteiger partial charge in [-0.2, -0.15) is 4.57 Å². The van der Waals surface area contributed by atoms with Crippen LogP contribution in [0.4, 0.5) is 0 Å². The number of carbonyl (C=O) groups excluding carboxylic acids is 2. The minimum atomic E-state index is -0.338. The van der Waals surface area contributed by atoms with E-state index in [1.807, 2.05) is 48.1 Å². The maximum absolute atomic E-state index is 13.6. The number of nitrogens with zero attached hydrogens (tertiary/aromatic N) is 1. The van der Waals surface area contributed by atoms with Crippen LogP contribution in [0.1, 0.15) is 47.1 Å². The average molecular weight is 546 g/mol. The smallest absolute Gasteiger partial charge is 0.310 e. The Bertz CT molecular complexity index is 1160. The van der Waals surface area contributed by atoms with Crippen molar-refractivity contribution in [2.45, 2.75) is 38.3 Å². The molecule has 3 aromatic rings. The lowest BCUT2D eigenvalue weighted by atomic mass is 10.0. The molecule has 33 heavy (non-hydrogen) atoms. The highest BCUT2D eigenvalue weighted by Gasteiger charge is 2.31. The molecular weight excluding hydrogens is 518 g/mol. The van der Waals surface area contributed by atoms with Crippen molar-refractivity contribution in [2.24, 2.45) is 0 Å². The summed E-state index contributed by atoms with van der Waals surface area (Å²) in [6.07, 6.45) is 6.16. The minimum Gasteiger partial charge on any atom is -0.466 e. The van der Waals surface area contributed by atoms with Crippen LogP contribution in [0.25, 0.3) is 5.69 Å². The van der Waals surface area contributed by atoms with E-state index in [4.69, 9.17) is 4.74 Å². The van der Waals surface area contributed by atoms with Gasteiger partial charge in [-0.05, 0) is 57.5 Å². The van der Waals surface area contributed by atoms with E-state index in [0.29, 0.717) is 22.6 Å². The van der Waals surface area contributed by atoms with E-state index in [1.54, 1.807) is 30.8 Å². The summed E-state index contributed by atoms with van der Waals surface area (Å²) in [4.78, 5) is 26.7. The summed E-state index contributed by atoms with van der Waals surface area (Å²) in [6, 6.07) is 11.3. The number of ketones is 1. The van der Waals surface area contributed by atoms with E-state index >= 15 is 0 Å². The van der Waals surface area contributed by atoms with Crippen molar-refractivity contribution in [1.29, 1.82) is 0 Å². The maximum Gasteiger partial charge on any atom is 0.310 e. The van der Waals surface area contributed by atoms with Crippen LogP contribution in [0, 0.1) is 6.92 Å². The summed E-state index contributed by atoms with van der Waals surface area (Å²) in [5.74, 6) is 0.359. The molecule has 4 nitrogen and oxygen atoms in total. The predicted molar refractivity (Wildman–Crippen MR) is 139 cm³/mol. The first kappa shape index (κ1) is 25.4. The van der Waals surface area contributed by atoms with Gasteiger partial charge in [-0.15, -0.1) is 23.1 Å². The zero-order valence-corrected chi connectivity index (χ0v) is 22.4. The summed E-state index contributed by atoms with van der Waals surface area (Å²) in [5.41, 5.74) is 4.55. The van der Waals surface area contributed by atoms with Crippen LogP contribution in [0.3, 0.4) is 0 Å². The highest BCUT2D eigenvalue weighted by Crippen LogP contribution is 2.38. The first-order chi connectivity index (χ1) is 15.8. The molecule has 0 atom stereocenters. The quantitative estimate of drug-likeness (QED) is 0.101. The molecule has 0 N–H and O–H groups in total. The van der Waals surface area contributed by atoms with Crippen LogP contribution in [0.15, 0.2) is 69.1 Å². The molecule has 0 unspecified atom stereocenters. The van der Waals surface area contributed by atoms with Crippen molar-refractivity contribution >= 4 is 50.8 Å². The number of aromatic nitrogens is 1. The maximum atomic E-state index is 13.6. The van der Waals surface area contributed by atoms with E-state index in [0.717, 1.165) is 25.7 Å². The summed E-state index contributed by atoms with van der Waals surface area (Å²) in [6.45, 7) is 8.26. The molecule has 0 aliphatic heterocycles. The van der Waals surface area contributed by atoms with Crippen LogP contribution < -0.4 is 4.57 Å². The number of hydrogen-bond donors (Lipinski definition) is 0. The lowest BCUT2D eigenvalue weighted by Crippen LogP contribution is -2.31. The van der Waals surface area contributed by atoms with E-state index in [-0.39, 0.29) is 18.2 Å². The van der Waals surface area contributed by atoms with Crippen LogP contribution in [0.5, 0.6) is 0 Å². The van der Waals surface area contributed by atoms with Gasteiger partial charge in [0, 0.05) is 27.9 Å². The Hall–Kier alpha value is -2.22. The predicted octanol–water partition coefficient (Wildman–Crippen LogP) is 6.49. The van der Waals surface area contributed by atoms with Crippen LogP contribution >= 0.6 is 39.0 Å². The molecule has 172 valence electrons. The molecule has 0 amide bonds. The van der Waals surface area contributed by atoms with E-state index < -0.39 is 0 Å². The lowest BCUT2D eigenvalue weighted by Gasteiger charge is -2.06. The molecule has 2 heterocycles. The van der Waals surface area contributed by atoms with Crippen molar-refractivity contribution in [3.63, 3.8) is 0 Å². The van der Waals surface area contributed by atoms with Gasteiger partial charge in [-0.25, -0.2) is 0 Å². The molecule has 0 aliphatic rings. The zero-order valence-electron chi connectivity index (χ0n) is 19.2. The normalized spacial score (nSPS) is 10.7. The van der Waals surface area contributed by atoms with Crippen LogP contribution in [-0.4, -0.2) is 24.1 Å². The number of allylic oxidation sites excluding steroid dienone is 1. The number of hydrogen-bond acceptors (Lipinski definition) is 5. The Balaban J connectivity index is 2.17. The molecule has 2 aromatic heterocycles. The fourth-order valence-electron chi connectivity index (χ4n) is 3.16. The van der Waals surface area contributed by atoms with Crippen molar-refractivity contribution in [3.05, 3.63) is 86.5 Å². The number of rotatable bonds is 9. The van der Waals surface area contributed by atoms with E-state index in [9.17, 15) is 9.59 Å². The fourth-order valence-corrected chi connectivity index (χ4v) is 6.06. The van der Waals surface area contributed by atoms with Gasteiger partial charge < -0.3 is 4.74 Å². The summed E-state index contributed by atoms with van der Waals surface area (Å²) < 4.78 is 9.17. The first-order valence-corrected chi connectivity index (χ1v) is 13.3. The number of thiophene rings is 1. The van der Waals surface area contributed by atoms with Gasteiger partial charge >= 0.3 is 5.97 Å². The van der Waals surface area contributed by atoms with Gasteiger partial charge in [0.1, 0.15) is 4.21 Å². The number of thioether (sulfide) groups is 1. The van der Waals surface area contributed by atoms with Gasteiger partial charge in [0.25, 0.3) is 0 Å². The Labute approximate surface area is 211 Å². The molecule has 1 aromatic carbocycles. The van der Waals surface area contributed by atoms with Crippen molar-refractivity contribution in [1.82, 2.24) is 0 Å². The molecule has 0 aliphatic carbocycles. The fraction of sp³-hybridized carbons (Fsp3) is 0.269. The highest BCUT2D eigenvalue weighted by atomic mass is 79.9. The second-order valence-electron chi connectivity index (χ2n) is 7.74. The SMILES string of the molecule is CCOC(=O)Cc1c(C(=O)c2ccc(Br)cc2)sc(SCC=C(C)C)c1-[n+]1ccc(C)cc1. The molecular formula is C26H27BrNO3S2+. The van der Waals surface area contributed by atoms with Gasteiger partial charge in [0.05, 0.1) is 23.5 Å². The Morgan fingerprint density at radius 2 is 1.79 bits per heavy atom. The largest absolute Gasteiger partial charge is 0.466 e. The molecule has 3 rings (SSSR count). The monoisotopic (exact) mass is 544 g/mol. The molecule has 0 saturated carbocycles. The summed E-state index contributed by atoms with van der Waals surface area (Å²) in [5, 5.41) is 0. The Morgan fingerprint density at radius 1 is 1.12 bits per heavy atom. The third-order valence-corrected chi connectivity index (χ3v) is 7.78. The number of carbonyl (C=O) groups is 2. The van der Waals surface area contributed by atoms with Crippen molar-refractivity contribution in [2.75, 3.05) is 12.4 Å². The highest BCUT2D eigenvalue weighted by molar-refractivity contribution is 9.10. The second kappa shape index (κ2) is 11.8. The van der Waals surface area contributed by atoms with E-state index in [1.165, 1.54) is 16.9 Å². The molecule has 0 fully saturated rings. The minimum absolute atomic E-state index is 0.0430. The van der Waals surface area contributed by atoms with Crippen molar-refractivity contribution in [3.8, 4) is 5.69 Å². The molecule has 7 heteroatoms. The Morgan fingerprint density at radius 3 is 2.39 bits per heavy atom. The van der Waals surface area contributed by atoms with Gasteiger partial charge in [-0.3, -0.25) is 9.59 Å².